The Bertz CT molecular complexity index is 746. The number of hydrogen-bond donors (Lipinski definition) is 1. The number of H-pyrrole nitrogens is 1. The van der Waals surface area contributed by atoms with Gasteiger partial charge in [-0.1, -0.05) is 6.07 Å². The van der Waals surface area contributed by atoms with Gasteiger partial charge >= 0.3 is 0 Å². The molecule has 1 amide bonds. The molecule has 0 bridgehead atoms. The molecule has 3 saturated heterocycles. The summed E-state index contributed by atoms with van der Waals surface area (Å²) in [6, 6.07) is 6.34. The topological polar surface area (TPSA) is 65.1 Å². The van der Waals surface area contributed by atoms with Gasteiger partial charge in [-0.25, -0.2) is 0 Å². The molecule has 2 aromatic heterocycles. The van der Waals surface area contributed by atoms with E-state index in [-0.39, 0.29) is 5.54 Å². The third-order valence-electron chi connectivity index (χ3n) is 6.10. The Morgan fingerprint density at radius 1 is 1.33 bits per heavy atom. The van der Waals surface area contributed by atoms with Crippen molar-refractivity contribution in [1.82, 2.24) is 25.0 Å². The molecule has 5 heterocycles. The number of carbonyl (C=O) groups is 1. The highest BCUT2D eigenvalue weighted by Gasteiger charge is 2.65. The van der Waals surface area contributed by atoms with Crippen molar-refractivity contribution in [2.24, 2.45) is 5.92 Å². The molecule has 1 spiro atoms. The summed E-state index contributed by atoms with van der Waals surface area (Å²) in [5.41, 5.74) is 1.98. The maximum absolute atomic E-state index is 13.3. The molecule has 5 rings (SSSR count). The number of hydrogen-bond acceptors (Lipinski definition) is 4. The van der Waals surface area contributed by atoms with Crippen LogP contribution in [-0.2, 0) is 11.3 Å². The first-order valence-electron chi connectivity index (χ1n) is 8.73. The number of aromatic amines is 1. The number of amides is 1. The van der Waals surface area contributed by atoms with Crippen LogP contribution in [0.4, 0.5) is 0 Å². The van der Waals surface area contributed by atoms with Crippen molar-refractivity contribution >= 4 is 5.91 Å². The van der Waals surface area contributed by atoms with Gasteiger partial charge in [0.1, 0.15) is 5.54 Å². The summed E-state index contributed by atoms with van der Waals surface area (Å²) in [7, 11) is 0. The Kier molecular flexibility index (Phi) is 3.03. The summed E-state index contributed by atoms with van der Waals surface area (Å²) >= 11 is 0. The quantitative estimate of drug-likeness (QED) is 0.934. The molecule has 1 N–H and O–H groups in total. The minimum absolute atomic E-state index is 0.280. The summed E-state index contributed by atoms with van der Waals surface area (Å²) in [6.07, 6.45) is 8.58. The Balaban J connectivity index is 1.44. The molecule has 6 nitrogen and oxygen atoms in total. The number of rotatable bonds is 3. The van der Waals surface area contributed by atoms with Gasteiger partial charge in [-0.2, -0.15) is 5.10 Å². The van der Waals surface area contributed by atoms with Crippen molar-refractivity contribution in [3.05, 3.63) is 48.0 Å². The summed E-state index contributed by atoms with van der Waals surface area (Å²) in [5, 5.41) is 7.23. The van der Waals surface area contributed by atoms with Gasteiger partial charge in [0.25, 0.3) is 0 Å². The first kappa shape index (κ1) is 14.2. The number of nitrogens with one attached hydrogen (secondary N) is 1. The van der Waals surface area contributed by atoms with Crippen molar-refractivity contribution in [2.75, 3.05) is 13.1 Å². The second kappa shape index (κ2) is 5.14. The van der Waals surface area contributed by atoms with Crippen LogP contribution in [0.3, 0.4) is 0 Å². The van der Waals surface area contributed by atoms with Crippen LogP contribution in [0, 0.1) is 5.92 Å². The number of aromatic nitrogens is 3. The summed E-state index contributed by atoms with van der Waals surface area (Å²) < 4.78 is 0. The van der Waals surface area contributed by atoms with Gasteiger partial charge < -0.3 is 4.90 Å². The molecule has 3 aliphatic heterocycles. The van der Waals surface area contributed by atoms with E-state index in [1.165, 1.54) is 0 Å². The molecule has 2 aromatic rings. The number of nitrogens with zero attached hydrogens (tertiary/aromatic N) is 4. The fraction of sp³-hybridized carbons (Fsp3) is 0.500. The zero-order chi connectivity index (χ0) is 16.1. The van der Waals surface area contributed by atoms with Gasteiger partial charge in [0.2, 0.25) is 5.91 Å². The second-order valence-electron chi connectivity index (χ2n) is 7.23. The van der Waals surface area contributed by atoms with Crippen LogP contribution in [0.5, 0.6) is 0 Å². The van der Waals surface area contributed by atoms with Crippen LogP contribution in [0.1, 0.15) is 36.6 Å². The van der Waals surface area contributed by atoms with Crippen molar-refractivity contribution in [3.63, 3.8) is 0 Å². The highest BCUT2D eigenvalue weighted by molar-refractivity contribution is 5.90. The van der Waals surface area contributed by atoms with Gasteiger partial charge in [-0.3, -0.25) is 19.8 Å². The molecular weight excluding hydrogens is 302 g/mol. The van der Waals surface area contributed by atoms with Crippen LogP contribution in [0.2, 0.25) is 0 Å². The van der Waals surface area contributed by atoms with Crippen LogP contribution in [0.15, 0.2) is 36.8 Å². The van der Waals surface area contributed by atoms with Gasteiger partial charge in [-0.15, -0.1) is 0 Å². The zero-order valence-electron chi connectivity index (χ0n) is 13.6. The van der Waals surface area contributed by atoms with E-state index in [1.54, 1.807) is 6.20 Å². The fourth-order valence-corrected chi connectivity index (χ4v) is 5.17. The molecule has 6 heteroatoms. The van der Waals surface area contributed by atoms with E-state index in [0.717, 1.165) is 43.6 Å². The maximum Gasteiger partial charge on any atom is 0.243 e. The Morgan fingerprint density at radius 2 is 2.29 bits per heavy atom. The average molecular weight is 323 g/mol. The first-order valence-corrected chi connectivity index (χ1v) is 8.73. The predicted octanol–water partition coefficient (Wildman–Crippen LogP) is 1.74. The third kappa shape index (κ3) is 1.83. The third-order valence-corrected chi connectivity index (χ3v) is 6.10. The largest absolute Gasteiger partial charge is 0.336 e. The molecule has 3 fully saturated rings. The molecule has 24 heavy (non-hydrogen) atoms. The molecule has 3 atom stereocenters. The number of pyridine rings is 1. The lowest BCUT2D eigenvalue weighted by molar-refractivity contribution is -0.137. The van der Waals surface area contributed by atoms with Crippen molar-refractivity contribution < 1.29 is 4.79 Å². The summed E-state index contributed by atoms with van der Waals surface area (Å²) in [6.45, 7) is 2.54. The number of likely N-dealkylation sites (tertiary alicyclic amines) is 1. The monoisotopic (exact) mass is 323 g/mol. The van der Waals surface area contributed by atoms with E-state index in [0.29, 0.717) is 24.4 Å². The molecular formula is C18H21N5O. The van der Waals surface area contributed by atoms with Gasteiger partial charge in [0.05, 0.1) is 11.7 Å². The van der Waals surface area contributed by atoms with Crippen LogP contribution in [0.25, 0.3) is 0 Å². The smallest absolute Gasteiger partial charge is 0.243 e. The van der Waals surface area contributed by atoms with Crippen molar-refractivity contribution in [3.8, 4) is 0 Å². The minimum Gasteiger partial charge on any atom is -0.336 e. The Hall–Kier alpha value is -2.21. The molecule has 3 aliphatic rings. The van der Waals surface area contributed by atoms with Gasteiger partial charge in [0, 0.05) is 37.6 Å². The Labute approximate surface area is 140 Å². The van der Waals surface area contributed by atoms with Crippen LogP contribution < -0.4 is 0 Å². The van der Waals surface area contributed by atoms with E-state index in [9.17, 15) is 4.79 Å². The van der Waals surface area contributed by atoms with E-state index >= 15 is 0 Å². The molecule has 0 unspecified atom stereocenters. The molecule has 124 valence electrons. The lowest BCUT2D eigenvalue weighted by Crippen LogP contribution is -2.49. The van der Waals surface area contributed by atoms with E-state index < -0.39 is 0 Å². The van der Waals surface area contributed by atoms with Crippen LogP contribution >= 0.6 is 0 Å². The van der Waals surface area contributed by atoms with Crippen molar-refractivity contribution in [2.45, 2.75) is 37.4 Å². The Morgan fingerprint density at radius 3 is 3.08 bits per heavy atom. The SMILES string of the molecule is O=C1N(Cc2cccnc2)C[C@@H]2C[C@@H](c3ccn[nH]3)N3CCC[C@@]123. The molecule has 0 aromatic carbocycles. The van der Waals surface area contributed by atoms with Crippen molar-refractivity contribution in [1.29, 1.82) is 0 Å². The average Bonchev–Trinajstić information content (AvgIpc) is 3.34. The molecule has 0 aliphatic carbocycles. The first-order chi connectivity index (χ1) is 11.8. The standard InChI is InChI=1S/C18H21N5O/c24-17-18-5-2-8-23(18)16(15-4-7-20-21-15)9-14(18)12-22(17)11-13-3-1-6-19-10-13/h1,3-4,6-7,10,14,16H,2,5,8-9,11-12H2,(H,20,21)/t14-,16-,18-/m0/s1. The van der Waals surface area contributed by atoms with Crippen LogP contribution in [-0.4, -0.2) is 49.5 Å². The lowest BCUT2D eigenvalue weighted by Gasteiger charge is -2.33. The highest BCUT2D eigenvalue weighted by atomic mass is 16.2. The predicted molar refractivity (Wildman–Crippen MR) is 87.8 cm³/mol. The summed E-state index contributed by atoms with van der Waals surface area (Å²) in [4.78, 5) is 22.0. The molecule has 0 radical (unpaired) electrons. The minimum atomic E-state index is -0.280. The number of carbonyl (C=O) groups excluding carboxylic acids is 1. The lowest BCUT2D eigenvalue weighted by atomic mass is 9.85. The highest BCUT2D eigenvalue weighted by Crippen LogP contribution is 2.55. The van der Waals surface area contributed by atoms with E-state index in [1.807, 2.05) is 29.4 Å². The van der Waals surface area contributed by atoms with E-state index in [2.05, 4.69) is 26.1 Å². The zero-order valence-corrected chi connectivity index (χ0v) is 13.6. The van der Waals surface area contributed by atoms with E-state index in [4.69, 9.17) is 0 Å². The van der Waals surface area contributed by atoms with Gasteiger partial charge in [0.15, 0.2) is 0 Å². The normalized spacial score (nSPS) is 32.3. The fourth-order valence-electron chi connectivity index (χ4n) is 5.17. The van der Waals surface area contributed by atoms with Gasteiger partial charge in [-0.05, 0) is 43.5 Å². The second-order valence-corrected chi connectivity index (χ2v) is 7.23. The maximum atomic E-state index is 13.3. The molecule has 0 saturated carbocycles. The summed E-state index contributed by atoms with van der Waals surface area (Å²) in [5.74, 6) is 0.730.